The number of hydrogen-bond acceptors (Lipinski definition) is 6. The third kappa shape index (κ3) is 2.80. The summed E-state index contributed by atoms with van der Waals surface area (Å²) in [5.74, 6) is 2.55. The first kappa shape index (κ1) is 12.9. The fourth-order valence-corrected chi connectivity index (χ4v) is 3.25. The van der Waals surface area contributed by atoms with E-state index in [4.69, 9.17) is 0 Å². The molecule has 110 valence electrons. The van der Waals surface area contributed by atoms with Crippen LogP contribution >= 0.6 is 11.5 Å². The molecule has 0 aromatic carbocycles. The Bertz CT molecular complexity index is 661. The van der Waals surface area contributed by atoms with E-state index in [2.05, 4.69) is 24.9 Å². The van der Waals surface area contributed by atoms with Crippen LogP contribution in [-0.2, 0) is 24.2 Å². The number of aryl methyl sites for hydroxylation is 1. The standard InChI is InChI=1S/C13H16N6OS/c20-12(9-3-4-11-17-14-7-19(11)6-9)16-13-15-10(18-21-13)5-8-1-2-8/h7-9H,1-6H2,(H,15,16,18,20). The molecule has 1 atom stereocenters. The van der Waals surface area contributed by atoms with Gasteiger partial charge in [-0.1, -0.05) is 0 Å². The molecule has 1 N–H and O–H groups in total. The molecular formula is C13H16N6OS. The summed E-state index contributed by atoms with van der Waals surface area (Å²) in [5.41, 5.74) is 0. The van der Waals surface area contributed by atoms with Crippen LogP contribution in [0.2, 0.25) is 0 Å². The van der Waals surface area contributed by atoms with Gasteiger partial charge in [-0.25, -0.2) is 4.98 Å². The van der Waals surface area contributed by atoms with Gasteiger partial charge in [-0.2, -0.15) is 4.37 Å². The number of nitrogens with zero attached hydrogens (tertiary/aromatic N) is 5. The van der Waals surface area contributed by atoms with Crippen molar-refractivity contribution >= 4 is 22.6 Å². The number of aromatic nitrogens is 5. The van der Waals surface area contributed by atoms with Gasteiger partial charge in [0.05, 0.1) is 5.92 Å². The normalized spacial score (nSPS) is 21.0. The molecule has 0 spiro atoms. The second-order valence-corrected chi connectivity index (χ2v) is 6.54. The highest BCUT2D eigenvalue weighted by atomic mass is 32.1. The van der Waals surface area contributed by atoms with Crippen LogP contribution in [0.3, 0.4) is 0 Å². The maximum absolute atomic E-state index is 12.3. The van der Waals surface area contributed by atoms with Crippen LogP contribution in [0.5, 0.6) is 0 Å². The predicted octanol–water partition coefficient (Wildman–Crippen LogP) is 1.28. The first-order valence-electron chi connectivity index (χ1n) is 7.28. The van der Waals surface area contributed by atoms with Crippen molar-refractivity contribution in [3.63, 3.8) is 0 Å². The lowest BCUT2D eigenvalue weighted by molar-refractivity contribution is -0.120. The molecule has 2 aromatic heterocycles. The van der Waals surface area contributed by atoms with Gasteiger partial charge in [0.15, 0.2) is 0 Å². The molecule has 7 nitrogen and oxygen atoms in total. The van der Waals surface area contributed by atoms with Crippen LogP contribution in [0, 0.1) is 11.8 Å². The lowest BCUT2D eigenvalue weighted by Crippen LogP contribution is -2.31. The predicted molar refractivity (Wildman–Crippen MR) is 76.8 cm³/mol. The molecule has 4 rings (SSSR count). The molecule has 1 amide bonds. The van der Waals surface area contributed by atoms with E-state index in [1.54, 1.807) is 6.33 Å². The van der Waals surface area contributed by atoms with Crippen LogP contribution in [-0.4, -0.2) is 30.0 Å². The molecule has 1 aliphatic heterocycles. The second kappa shape index (κ2) is 5.18. The summed E-state index contributed by atoms with van der Waals surface area (Å²) >= 11 is 1.27. The van der Waals surface area contributed by atoms with E-state index in [1.165, 1.54) is 24.4 Å². The van der Waals surface area contributed by atoms with Gasteiger partial charge in [-0.05, 0) is 25.2 Å². The number of carbonyl (C=O) groups is 1. The van der Waals surface area contributed by atoms with Crippen molar-refractivity contribution in [2.45, 2.75) is 38.6 Å². The van der Waals surface area contributed by atoms with Gasteiger partial charge in [-0.15, -0.1) is 10.2 Å². The van der Waals surface area contributed by atoms with Gasteiger partial charge in [-0.3, -0.25) is 4.79 Å². The van der Waals surface area contributed by atoms with Gasteiger partial charge in [0.25, 0.3) is 0 Å². The summed E-state index contributed by atoms with van der Waals surface area (Å²) in [5, 5.41) is 11.4. The Morgan fingerprint density at radius 2 is 2.33 bits per heavy atom. The Morgan fingerprint density at radius 3 is 3.19 bits per heavy atom. The molecule has 8 heteroatoms. The van der Waals surface area contributed by atoms with Gasteiger partial charge in [0.2, 0.25) is 11.0 Å². The van der Waals surface area contributed by atoms with E-state index < -0.39 is 0 Å². The highest BCUT2D eigenvalue weighted by Crippen LogP contribution is 2.32. The third-order valence-corrected chi connectivity index (χ3v) is 4.73. The average Bonchev–Trinajstić information content (AvgIpc) is 3.00. The minimum atomic E-state index is -0.0516. The van der Waals surface area contributed by atoms with Crippen molar-refractivity contribution in [2.24, 2.45) is 11.8 Å². The molecule has 1 fully saturated rings. The number of amides is 1. The Balaban J connectivity index is 1.38. The second-order valence-electron chi connectivity index (χ2n) is 5.79. The van der Waals surface area contributed by atoms with Crippen molar-refractivity contribution in [3.8, 4) is 0 Å². The molecule has 0 bridgehead atoms. The monoisotopic (exact) mass is 304 g/mol. The zero-order chi connectivity index (χ0) is 14.2. The average molecular weight is 304 g/mol. The summed E-state index contributed by atoms with van der Waals surface area (Å²) in [6.07, 6.45) is 6.79. The fraction of sp³-hybridized carbons (Fsp3) is 0.615. The van der Waals surface area contributed by atoms with Crippen molar-refractivity contribution < 1.29 is 4.79 Å². The maximum atomic E-state index is 12.3. The Hall–Kier alpha value is -1.83. The van der Waals surface area contributed by atoms with Crippen molar-refractivity contribution in [3.05, 3.63) is 18.0 Å². The number of rotatable bonds is 4. The number of hydrogen-bond donors (Lipinski definition) is 1. The smallest absolute Gasteiger partial charge is 0.231 e. The number of fused-ring (bicyclic) bond motifs is 1. The molecular weight excluding hydrogens is 288 g/mol. The largest absolute Gasteiger partial charge is 0.317 e. The number of carbonyl (C=O) groups excluding carboxylic acids is 1. The summed E-state index contributed by atoms with van der Waals surface area (Å²) in [7, 11) is 0. The van der Waals surface area contributed by atoms with Gasteiger partial charge in [0, 0.05) is 30.9 Å². The Labute approximate surface area is 126 Å². The van der Waals surface area contributed by atoms with Crippen LogP contribution in [0.4, 0.5) is 5.13 Å². The molecule has 2 aromatic rings. The van der Waals surface area contributed by atoms with Crippen molar-refractivity contribution in [2.75, 3.05) is 5.32 Å². The first-order valence-corrected chi connectivity index (χ1v) is 8.05. The van der Waals surface area contributed by atoms with Crippen LogP contribution in [0.25, 0.3) is 0 Å². The van der Waals surface area contributed by atoms with Gasteiger partial charge in [0.1, 0.15) is 18.0 Å². The highest BCUT2D eigenvalue weighted by molar-refractivity contribution is 7.09. The lowest BCUT2D eigenvalue weighted by Gasteiger charge is -2.21. The van der Waals surface area contributed by atoms with E-state index in [0.717, 1.165) is 36.8 Å². The van der Waals surface area contributed by atoms with E-state index in [9.17, 15) is 4.79 Å². The summed E-state index contributed by atoms with van der Waals surface area (Å²) in [6.45, 7) is 0.641. The molecule has 1 saturated carbocycles. The molecule has 1 unspecified atom stereocenters. The van der Waals surface area contributed by atoms with Gasteiger partial charge < -0.3 is 9.88 Å². The van der Waals surface area contributed by atoms with E-state index >= 15 is 0 Å². The lowest BCUT2D eigenvalue weighted by atomic mass is 9.99. The molecule has 0 radical (unpaired) electrons. The summed E-state index contributed by atoms with van der Waals surface area (Å²) in [6, 6.07) is 0. The van der Waals surface area contributed by atoms with E-state index in [1.807, 2.05) is 4.57 Å². The topological polar surface area (TPSA) is 85.6 Å². The number of nitrogens with one attached hydrogen (secondary N) is 1. The fourth-order valence-electron chi connectivity index (χ4n) is 2.65. The summed E-state index contributed by atoms with van der Waals surface area (Å²) < 4.78 is 6.26. The van der Waals surface area contributed by atoms with Crippen molar-refractivity contribution in [1.82, 2.24) is 24.1 Å². The Kier molecular flexibility index (Phi) is 3.17. The minimum absolute atomic E-state index is 0.0171. The summed E-state index contributed by atoms with van der Waals surface area (Å²) in [4.78, 5) is 16.7. The van der Waals surface area contributed by atoms with E-state index in [-0.39, 0.29) is 11.8 Å². The van der Waals surface area contributed by atoms with Crippen LogP contribution < -0.4 is 5.32 Å². The molecule has 0 saturated heterocycles. The van der Waals surface area contributed by atoms with E-state index in [0.29, 0.717) is 11.7 Å². The molecule has 1 aliphatic carbocycles. The molecule has 3 heterocycles. The van der Waals surface area contributed by atoms with Crippen molar-refractivity contribution in [1.29, 1.82) is 0 Å². The zero-order valence-electron chi connectivity index (χ0n) is 11.5. The maximum Gasteiger partial charge on any atom is 0.231 e. The quantitative estimate of drug-likeness (QED) is 0.919. The SMILES string of the molecule is O=C(Nc1nc(CC2CC2)ns1)C1CCc2nncn2C1. The van der Waals surface area contributed by atoms with Crippen LogP contribution in [0.15, 0.2) is 6.33 Å². The number of anilines is 1. The first-order chi connectivity index (χ1) is 10.3. The molecule has 2 aliphatic rings. The zero-order valence-corrected chi connectivity index (χ0v) is 12.3. The van der Waals surface area contributed by atoms with Crippen LogP contribution in [0.1, 0.15) is 30.9 Å². The minimum Gasteiger partial charge on any atom is -0.317 e. The highest BCUT2D eigenvalue weighted by Gasteiger charge is 2.27. The molecule has 21 heavy (non-hydrogen) atoms. The third-order valence-electron chi connectivity index (χ3n) is 4.07. The Morgan fingerprint density at radius 1 is 1.43 bits per heavy atom. The van der Waals surface area contributed by atoms with Gasteiger partial charge >= 0.3 is 0 Å².